The summed E-state index contributed by atoms with van der Waals surface area (Å²) >= 11 is 0. The number of rotatable bonds is 1. The van der Waals surface area contributed by atoms with E-state index in [1.54, 1.807) is 0 Å². The Bertz CT molecular complexity index is 1110. The van der Waals surface area contributed by atoms with Crippen LogP contribution in [-0.4, -0.2) is 60.9 Å². The van der Waals surface area contributed by atoms with Gasteiger partial charge in [-0.15, -0.1) is 0 Å². The number of amides is 1. The number of carbonyl (C=O) groups excluding carboxylic acids is 1. The first-order valence-electron chi connectivity index (χ1n) is 9.18. The van der Waals surface area contributed by atoms with Crippen molar-refractivity contribution in [3.05, 3.63) is 33.4 Å². The van der Waals surface area contributed by atoms with Crippen LogP contribution in [0.2, 0.25) is 0 Å². The van der Waals surface area contributed by atoms with E-state index in [0.29, 0.717) is 6.61 Å². The SMILES string of the molecule is C[C@H]1COC2(CCN(C3=NC(=O)c4cc(C(F)(F)F)cc([N+](=O)[O-])c4S3(=O)=O)CC2)O1. The Balaban J connectivity index is 1.74. The fourth-order valence-electron chi connectivity index (χ4n) is 3.90. The first-order chi connectivity index (χ1) is 14.3. The highest BCUT2D eigenvalue weighted by atomic mass is 32.2. The third kappa shape index (κ3) is 3.57. The predicted octanol–water partition coefficient (Wildman–Crippen LogP) is 2.12. The Morgan fingerprint density at radius 3 is 2.45 bits per heavy atom. The number of piperidine rings is 1. The van der Waals surface area contributed by atoms with Gasteiger partial charge in [0.25, 0.3) is 11.6 Å². The topological polar surface area (TPSA) is 128 Å². The molecular formula is C17H16F3N3O7S. The molecule has 0 aromatic heterocycles. The van der Waals surface area contributed by atoms with Crippen molar-refractivity contribution in [1.29, 1.82) is 0 Å². The van der Waals surface area contributed by atoms with E-state index in [-0.39, 0.29) is 44.2 Å². The fourth-order valence-corrected chi connectivity index (χ4v) is 5.65. The summed E-state index contributed by atoms with van der Waals surface area (Å²) in [5.74, 6) is -2.18. The zero-order chi connectivity index (χ0) is 22.8. The maximum absolute atomic E-state index is 13.1. The molecule has 0 saturated carbocycles. The summed E-state index contributed by atoms with van der Waals surface area (Å²) in [5, 5.41) is 10.7. The van der Waals surface area contributed by atoms with Crippen molar-refractivity contribution in [1.82, 2.24) is 4.90 Å². The summed E-state index contributed by atoms with van der Waals surface area (Å²) in [6.45, 7) is 2.31. The average molecular weight is 463 g/mol. The van der Waals surface area contributed by atoms with Crippen LogP contribution in [0.15, 0.2) is 22.0 Å². The van der Waals surface area contributed by atoms with Crippen LogP contribution in [0, 0.1) is 10.1 Å². The summed E-state index contributed by atoms with van der Waals surface area (Å²) < 4.78 is 77.0. The third-order valence-electron chi connectivity index (χ3n) is 5.32. The van der Waals surface area contributed by atoms with Crippen LogP contribution in [0.5, 0.6) is 0 Å². The van der Waals surface area contributed by atoms with Crippen molar-refractivity contribution < 1.29 is 40.8 Å². The molecule has 0 bridgehead atoms. The number of carbonyl (C=O) groups is 1. The number of hydrogen-bond donors (Lipinski definition) is 0. The van der Waals surface area contributed by atoms with Crippen LogP contribution >= 0.6 is 0 Å². The molecule has 3 aliphatic rings. The minimum Gasteiger partial charge on any atom is -0.347 e. The number of nitro groups is 1. The lowest BCUT2D eigenvalue weighted by molar-refractivity contribution is -0.388. The minimum absolute atomic E-state index is 0.0574. The molecule has 2 fully saturated rings. The van der Waals surface area contributed by atoms with E-state index in [4.69, 9.17) is 9.47 Å². The number of hydrogen-bond acceptors (Lipinski definition) is 8. The Kier molecular flexibility index (Phi) is 4.86. The summed E-state index contributed by atoms with van der Waals surface area (Å²) in [5.41, 5.74) is -3.81. The molecule has 10 nitrogen and oxygen atoms in total. The largest absolute Gasteiger partial charge is 0.416 e. The Morgan fingerprint density at radius 1 is 1.29 bits per heavy atom. The molecule has 1 aromatic carbocycles. The van der Waals surface area contributed by atoms with E-state index in [9.17, 15) is 36.5 Å². The maximum Gasteiger partial charge on any atom is 0.416 e. The Morgan fingerprint density at radius 2 is 1.94 bits per heavy atom. The molecule has 1 aromatic rings. The Labute approximate surface area is 173 Å². The molecule has 31 heavy (non-hydrogen) atoms. The van der Waals surface area contributed by atoms with Gasteiger partial charge in [0, 0.05) is 32.0 Å². The van der Waals surface area contributed by atoms with Gasteiger partial charge in [-0.05, 0) is 13.0 Å². The van der Waals surface area contributed by atoms with Gasteiger partial charge in [0.1, 0.15) is 0 Å². The molecule has 3 heterocycles. The Hall–Kier alpha value is -2.58. The van der Waals surface area contributed by atoms with Crippen LogP contribution in [-0.2, 0) is 25.5 Å². The first-order valence-corrected chi connectivity index (χ1v) is 10.7. The molecule has 0 unspecified atom stereocenters. The maximum atomic E-state index is 13.1. The lowest BCUT2D eigenvalue weighted by Crippen LogP contribution is -2.50. The molecule has 0 radical (unpaired) electrons. The first kappa shape index (κ1) is 21.6. The van der Waals surface area contributed by atoms with Crippen LogP contribution < -0.4 is 0 Å². The van der Waals surface area contributed by atoms with Gasteiger partial charge < -0.3 is 14.4 Å². The van der Waals surface area contributed by atoms with Crippen molar-refractivity contribution in [2.24, 2.45) is 4.99 Å². The zero-order valence-corrected chi connectivity index (χ0v) is 16.8. The number of alkyl halides is 3. The standard InChI is InChI=1S/C17H16F3N3O7S/c1-9-8-29-16(30-9)2-4-22(5-3-16)15-21-14(24)11-6-10(17(18,19)20)7-12(23(25)26)13(11)31(15,27)28/h6-7,9H,2-5,8H2,1H3/t9-/m0/s1. The van der Waals surface area contributed by atoms with Gasteiger partial charge in [0.05, 0.1) is 28.8 Å². The van der Waals surface area contributed by atoms with E-state index in [2.05, 4.69) is 4.99 Å². The second-order valence-corrected chi connectivity index (χ2v) is 9.25. The van der Waals surface area contributed by atoms with Gasteiger partial charge >= 0.3 is 6.18 Å². The number of nitrogens with zero attached hydrogens (tertiary/aromatic N) is 3. The number of fused-ring (bicyclic) bond motifs is 1. The van der Waals surface area contributed by atoms with Gasteiger partial charge in [-0.1, -0.05) is 0 Å². The van der Waals surface area contributed by atoms with Crippen LogP contribution in [0.4, 0.5) is 18.9 Å². The lowest BCUT2D eigenvalue weighted by Gasteiger charge is -2.39. The van der Waals surface area contributed by atoms with Crippen molar-refractivity contribution in [2.75, 3.05) is 19.7 Å². The van der Waals surface area contributed by atoms with Crippen molar-refractivity contribution in [3.8, 4) is 0 Å². The van der Waals surface area contributed by atoms with E-state index in [1.807, 2.05) is 6.92 Å². The van der Waals surface area contributed by atoms with Crippen molar-refractivity contribution in [2.45, 2.75) is 42.7 Å². The number of aliphatic imine (C=N–C) groups is 1. The van der Waals surface area contributed by atoms with Gasteiger partial charge in [-0.2, -0.15) is 18.2 Å². The quantitative estimate of drug-likeness (QED) is 0.458. The molecule has 1 spiro atoms. The lowest BCUT2D eigenvalue weighted by atomic mass is 10.0. The van der Waals surface area contributed by atoms with E-state index in [0.717, 1.165) is 0 Å². The molecular weight excluding hydrogens is 447 g/mol. The van der Waals surface area contributed by atoms with Gasteiger partial charge in [0.2, 0.25) is 15.0 Å². The van der Waals surface area contributed by atoms with E-state index < -0.39 is 59.5 Å². The molecule has 4 rings (SSSR count). The van der Waals surface area contributed by atoms with Crippen molar-refractivity contribution in [3.63, 3.8) is 0 Å². The average Bonchev–Trinajstić information content (AvgIpc) is 3.04. The van der Waals surface area contributed by atoms with Gasteiger partial charge in [-0.25, -0.2) is 8.42 Å². The molecule has 0 N–H and O–H groups in total. The molecule has 2 saturated heterocycles. The normalized spacial score (nSPS) is 24.8. The number of benzene rings is 1. The zero-order valence-electron chi connectivity index (χ0n) is 16.0. The van der Waals surface area contributed by atoms with E-state index in [1.165, 1.54) is 4.90 Å². The predicted molar refractivity (Wildman–Crippen MR) is 97.1 cm³/mol. The van der Waals surface area contributed by atoms with Gasteiger partial charge in [-0.3, -0.25) is 14.9 Å². The number of ether oxygens (including phenoxy) is 2. The molecule has 3 aliphatic heterocycles. The highest BCUT2D eigenvalue weighted by molar-refractivity contribution is 8.06. The molecule has 168 valence electrons. The number of sulfone groups is 1. The minimum atomic E-state index is -5.02. The van der Waals surface area contributed by atoms with Crippen LogP contribution in [0.1, 0.15) is 35.7 Å². The van der Waals surface area contributed by atoms with Crippen molar-refractivity contribution >= 4 is 26.6 Å². The number of likely N-dealkylation sites (tertiary alicyclic amines) is 1. The summed E-state index contributed by atoms with van der Waals surface area (Å²) in [7, 11) is -4.73. The van der Waals surface area contributed by atoms with Gasteiger partial charge in [0.15, 0.2) is 10.7 Å². The fraction of sp³-hybridized carbons (Fsp3) is 0.529. The molecule has 1 atom stereocenters. The number of halogens is 3. The molecule has 14 heteroatoms. The van der Waals surface area contributed by atoms with Crippen LogP contribution in [0.3, 0.4) is 0 Å². The second kappa shape index (κ2) is 6.97. The number of amidine groups is 1. The molecule has 1 amide bonds. The molecule has 0 aliphatic carbocycles. The monoisotopic (exact) mass is 463 g/mol. The second-order valence-electron chi connectivity index (χ2n) is 7.47. The third-order valence-corrected chi connectivity index (χ3v) is 7.12. The van der Waals surface area contributed by atoms with Crippen LogP contribution in [0.25, 0.3) is 0 Å². The smallest absolute Gasteiger partial charge is 0.347 e. The summed E-state index contributed by atoms with van der Waals surface area (Å²) in [4.78, 5) is 26.3. The number of nitro benzene ring substituents is 1. The highest BCUT2D eigenvalue weighted by Gasteiger charge is 2.48. The summed E-state index contributed by atoms with van der Waals surface area (Å²) in [6, 6.07) is 0.384. The van der Waals surface area contributed by atoms with E-state index >= 15 is 0 Å². The highest BCUT2D eigenvalue weighted by Crippen LogP contribution is 2.41. The summed E-state index contributed by atoms with van der Waals surface area (Å²) in [6.07, 6.45) is -4.65.